The summed E-state index contributed by atoms with van der Waals surface area (Å²) in [6.07, 6.45) is 12.5. The summed E-state index contributed by atoms with van der Waals surface area (Å²) < 4.78 is 15.1. The number of rotatable bonds is 1. The summed E-state index contributed by atoms with van der Waals surface area (Å²) in [7, 11) is 0. The van der Waals surface area contributed by atoms with Gasteiger partial charge >= 0.3 is 0 Å². The molecule has 0 N–H and O–H groups in total. The molecular formula is C21H35F. The lowest BCUT2D eigenvalue weighted by Gasteiger charge is -2.61. The number of halogens is 1. The molecule has 0 radical (unpaired) electrons. The second kappa shape index (κ2) is 5.21. The maximum absolute atomic E-state index is 15.1. The normalized spacial score (nSPS) is 57.8. The molecule has 1 heteroatoms. The van der Waals surface area contributed by atoms with Gasteiger partial charge in [0.25, 0.3) is 0 Å². The first-order valence-electron chi connectivity index (χ1n) is 10.1. The molecule has 4 saturated carbocycles. The minimum atomic E-state index is -0.505. The van der Waals surface area contributed by atoms with E-state index in [1.807, 2.05) is 0 Å². The van der Waals surface area contributed by atoms with Crippen molar-refractivity contribution in [3.8, 4) is 0 Å². The molecule has 8 atom stereocenters. The standard InChI is InChI=1S/C21H35F/c1-4-14-8-9-16-15-13-19(22)18-7-5-6-11-21(18,3)17(15)10-12-20(14,16)2/h14-19H,4-13H2,1-3H3/t14-,15-,16-,17-,18?,19?,20+,21+/m0/s1. The summed E-state index contributed by atoms with van der Waals surface area (Å²) in [4.78, 5) is 0. The van der Waals surface area contributed by atoms with Gasteiger partial charge in [-0.25, -0.2) is 4.39 Å². The van der Waals surface area contributed by atoms with E-state index in [1.54, 1.807) is 0 Å². The molecule has 0 aromatic carbocycles. The Labute approximate surface area is 136 Å². The summed E-state index contributed by atoms with van der Waals surface area (Å²) >= 11 is 0. The Bertz CT molecular complexity index is 432. The summed E-state index contributed by atoms with van der Waals surface area (Å²) in [5.41, 5.74) is 0.861. The average molecular weight is 307 g/mol. The van der Waals surface area contributed by atoms with Crippen LogP contribution in [-0.4, -0.2) is 6.17 Å². The lowest BCUT2D eigenvalue weighted by molar-refractivity contribution is -0.139. The summed E-state index contributed by atoms with van der Waals surface area (Å²) in [5, 5.41) is 0. The van der Waals surface area contributed by atoms with E-state index in [0.29, 0.717) is 22.7 Å². The van der Waals surface area contributed by atoms with Crippen molar-refractivity contribution in [1.29, 1.82) is 0 Å². The largest absolute Gasteiger partial charge is 0.247 e. The molecule has 0 spiro atoms. The van der Waals surface area contributed by atoms with Crippen LogP contribution in [-0.2, 0) is 0 Å². The zero-order valence-corrected chi connectivity index (χ0v) is 14.9. The highest BCUT2D eigenvalue weighted by molar-refractivity contribution is 5.10. The average Bonchev–Trinajstić information content (AvgIpc) is 2.84. The van der Waals surface area contributed by atoms with Gasteiger partial charge in [-0.15, -0.1) is 0 Å². The van der Waals surface area contributed by atoms with Crippen molar-refractivity contribution in [2.45, 2.75) is 91.2 Å². The van der Waals surface area contributed by atoms with Crippen LogP contribution in [0.5, 0.6) is 0 Å². The molecule has 4 aliphatic carbocycles. The molecule has 4 fully saturated rings. The Morgan fingerprint density at radius 1 is 0.864 bits per heavy atom. The Morgan fingerprint density at radius 3 is 2.41 bits per heavy atom. The molecule has 0 aliphatic heterocycles. The zero-order valence-electron chi connectivity index (χ0n) is 14.9. The molecule has 0 nitrogen and oxygen atoms in total. The molecule has 0 aromatic rings. The third-order valence-corrected chi connectivity index (χ3v) is 9.23. The van der Waals surface area contributed by atoms with E-state index in [-0.39, 0.29) is 0 Å². The Balaban J connectivity index is 1.66. The van der Waals surface area contributed by atoms with Crippen molar-refractivity contribution >= 4 is 0 Å². The molecule has 22 heavy (non-hydrogen) atoms. The fourth-order valence-corrected chi connectivity index (χ4v) is 8.08. The maximum Gasteiger partial charge on any atom is 0.104 e. The minimum Gasteiger partial charge on any atom is -0.247 e. The zero-order chi connectivity index (χ0) is 15.5. The monoisotopic (exact) mass is 306 g/mol. The van der Waals surface area contributed by atoms with Gasteiger partial charge < -0.3 is 0 Å². The van der Waals surface area contributed by atoms with Gasteiger partial charge in [0.1, 0.15) is 6.17 Å². The molecule has 2 unspecified atom stereocenters. The van der Waals surface area contributed by atoms with Crippen molar-refractivity contribution < 1.29 is 4.39 Å². The van der Waals surface area contributed by atoms with Crippen molar-refractivity contribution in [3.63, 3.8) is 0 Å². The van der Waals surface area contributed by atoms with Gasteiger partial charge in [0.05, 0.1) is 0 Å². The number of alkyl halides is 1. The van der Waals surface area contributed by atoms with Crippen LogP contribution in [0, 0.1) is 40.4 Å². The van der Waals surface area contributed by atoms with E-state index in [2.05, 4.69) is 20.8 Å². The van der Waals surface area contributed by atoms with Gasteiger partial charge in [-0.05, 0) is 85.4 Å². The number of hydrogen-bond acceptors (Lipinski definition) is 0. The first kappa shape index (κ1) is 15.5. The predicted octanol–water partition coefficient (Wildman–Crippen LogP) is 6.39. The third-order valence-electron chi connectivity index (χ3n) is 9.23. The summed E-state index contributed by atoms with van der Waals surface area (Å²) in [6, 6.07) is 0. The molecule has 4 aliphatic rings. The van der Waals surface area contributed by atoms with E-state index in [9.17, 15) is 0 Å². The Kier molecular flexibility index (Phi) is 3.66. The summed E-state index contributed by atoms with van der Waals surface area (Å²) in [6.45, 7) is 7.43. The van der Waals surface area contributed by atoms with E-state index >= 15 is 4.39 Å². The first-order chi connectivity index (χ1) is 10.5. The van der Waals surface area contributed by atoms with Crippen LogP contribution >= 0.6 is 0 Å². The van der Waals surface area contributed by atoms with E-state index in [1.165, 1.54) is 57.8 Å². The van der Waals surface area contributed by atoms with Crippen LogP contribution in [0.2, 0.25) is 0 Å². The van der Waals surface area contributed by atoms with Crippen LogP contribution in [0.25, 0.3) is 0 Å². The van der Waals surface area contributed by atoms with Crippen LogP contribution in [0.4, 0.5) is 4.39 Å². The van der Waals surface area contributed by atoms with Gasteiger partial charge in [-0.3, -0.25) is 0 Å². The fourth-order valence-electron chi connectivity index (χ4n) is 8.08. The smallest absolute Gasteiger partial charge is 0.104 e. The van der Waals surface area contributed by atoms with Gasteiger partial charge in [-0.1, -0.05) is 40.0 Å². The highest BCUT2D eigenvalue weighted by Crippen LogP contribution is 2.68. The second-order valence-electron chi connectivity index (χ2n) is 9.71. The van der Waals surface area contributed by atoms with Crippen molar-refractivity contribution in [2.24, 2.45) is 40.4 Å². The van der Waals surface area contributed by atoms with Crippen LogP contribution < -0.4 is 0 Å². The summed E-state index contributed by atoms with van der Waals surface area (Å²) in [5.74, 6) is 3.65. The molecule has 126 valence electrons. The maximum atomic E-state index is 15.1. The molecule has 0 amide bonds. The van der Waals surface area contributed by atoms with E-state index in [4.69, 9.17) is 0 Å². The van der Waals surface area contributed by atoms with Gasteiger partial charge in [-0.2, -0.15) is 0 Å². The lowest BCUT2D eigenvalue weighted by atomic mass is 9.44. The second-order valence-corrected chi connectivity index (χ2v) is 9.71. The van der Waals surface area contributed by atoms with E-state index in [0.717, 1.165) is 24.2 Å². The Morgan fingerprint density at radius 2 is 1.64 bits per heavy atom. The molecule has 0 heterocycles. The molecular weight excluding hydrogens is 271 g/mol. The van der Waals surface area contributed by atoms with Gasteiger partial charge in [0.15, 0.2) is 0 Å². The van der Waals surface area contributed by atoms with Gasteiger partial charge in [0.2, 0.25) is 0 Å². The SMILES string of the molecule is CC[C@H]1CC[C@H]2[C@@H]3CC(F)C4CCCC[C@]4(C)[C@H]3CC[C@]12C. The predicted molar refractivity (Wildman–Crippen MR) is 90.4 cm³/mol. The van der Waals surface area contributed by atoms with Crippen LogP contribution in [0.3, 0.4) is 0 Å². The molecule has 0 aromatic heterocycles. The van der Waals surface area contributed by atoms with Crippen molar-refractivity contribution in [2.75, 3.05) is 0 Å². The quantitative estimate of drug-likeness (QED) is 0.526. The van der Waals surface area contributed by atoms with Crippen molar-refractivity contribution in [1.82, 2.24) is 0 Å². The Hall–Kier alpha value is -0.0700. The van der Waals surface area contributed by atoms with Crippen LogP contribution in [0.15, 0.2) is 0 Å². The third kappa shape index (κ3) is 1.92. The molecule has 4 rings (SSSR count). The first-order valence-corrected chi connectivity index (χ1v) is 10.1. The van der Waals surface area contributed by atoms with Crippen molar-refractivity contribution in [3.05, 3.63) is 0 Å². The highest BCUT2D eigenvalue weighted by Gasteiger charge is 2.61. The minimum absolute atomic E-state index is 0.326. The highest BCUT2D eigenvalue weighted by atomic mass is 19.1. The van der Waals surface area contributed by atoms with Gasteiger partial charge in [0, 0.05) is 0 Å². The number of hydrogen-bond donors (Lipinski definition) is 0. The fraction of sp³-hybridized carbons (Fsp3) is 1.00. The lowest BCUT2D eigenvalue weighted by Crippen LogP contribution is -2.56. The topological polar surface area (TPSA) is 0 Å². The number of fused-ring (bicyclic) bond motifs is 5. The molecule has 0 bridgehead atoms. The van der Waals surface area contributed by atoms with E-state index < -0.39 is 6.17 Å². The molecule has 0 saturated heterocycles. The van der Waals surface area contributed by atoms with Crippen LogP contribution in [0.1, 0.15) is 85.0 Å².